The van der Waals surface area contributed by atoms with Crippen LogP contribution in [-0.2, 0) is 33.2 Å². The summed E-state index contributed by atoms with van der Waals surface area (Å²) >= 11 is 8.29. The van der Waals surface area contributed by atoms with Crippen LogP contribution in [0.5, 0.6) is 0 Å². The van der Waals surface area contributed by atoms with Crippen molar-refractivity contribution in [2.75, 3.05) is 0 Å². The molecule has 8 atom stereocenters. The van der Waals surface area contributed by atoms with E-state index in [1.807, 2.05) is 108 Å². The van der Waals surface area contributed by atoms with Crippen molar-refractivity contribution in [2.45, 2.75) is 300 Å². The highest BCUT2D eigenvalue weighted by Crippen LogP contribution is 2.27. The maximum atomic E-state index is 5.17. The summed E-state index contributed by atoms with van der Waals surface area (Å²) in [6.07, 6.45) is 13.4. The van der Waals surface area contributed by atoms with E-state index >= 15 is 0 Å². The quantitative estimate of drug-likeness (QED) is 0.159. The molecular weight excluding hydrogens is 1240 g/mol. The molecule has 8 unspecified atom stereocenters. The summed E-state index contributed by atoms with van der Waals surface area (Å²) in [6, 6.07) is 4.16. The molecule has 0 fully saturated rings. The lowest BCUT2D eigenvalue weighted by atomic mass is 10.2. The largest absolute Gasteiger partial charge is 0.477 e. The van der Waals surface area contributed by atoms with Crippen LogP contribution in [0.3, 0.4) is 0 Å². The molecule has 0 amide bonds. The van der Waals surface area contributed by atoms with E-state index < -0.39 is 0 Å². The van der Waals surface area contributed by atoms with Crippen molar-refractivity contribution in [1.82, 2.24) is 59.5 Å². The Bertz CT molecular complexity index is 2060. The van der Waals surface area contributed by atoms with Crippen molar-refractivity contribution >= 4 is 90.1 Å². The fraction of sp³-hybridized carbons (Fsp3) is 0.814. The average molecular weight is 1360 g/mol. The van der Waals surface area contributed by atoms with E-state index in [0.717, 1.165) is 11.6 Å². The monoisotopic (exact) mass is 1360 g/mol. The first-order valence-electron chi connectivity index (χ1n) is 31.4. The predicted molar refractivity (Wildman–Crippen MR) is 377 cm³/mol. The van der Waals surface area contributed by atoms with E-state index in [2.05, 4.69) is 239 Å². The van der Waals surface area contributed by atoms with Gasteiger partial charge < -0.3 is 43.6 Å². The second-order valence-electron chi connectivity index (χ2n) is 24.3. The number of thioether (sulfide) groups is 2. The first-order chi connectivity index (χ1) is 42.2. The van der Waals surface area contributed by atoms with E-state index in [0.29, 0.717) is 81.7 Å². The number of rotatable bonds is 10. The molecule has 8 aliphatic heterocycles. The fourth-order valence-corrected chi connectivity index (χ4v) is 12.3. The van der Waals surface area contributed by atoms with Crippen LogP contribution in [0.1, 0.15) is 217 Å². The van der Waals surface area contributed by atoms with Gasteiger partial charge in [-0.15, -0.1) is 21.5 Å². The van der Waals surface area contributed by atoms with Crippen LogP contribution in [0.15, 0.2) is 63.4 Å². The number of ether oxygens (including phenoxy) is 2. The Morgan fingerprint density at radius 2 is 1.00 bits per heavy atom. The Labute approximate surface area is 563 Å². The highest BCUT2D eigenvalue weighted by atomic mass is 32.2. The highest BCUT2D eigenvalue weighted by molar-refractivity contribution is 8.12. The fourth-order valence-electron chi connectivity index (χ4n) is 8.55. The Kier molecular flexibility index (Phi) is 40.3. The maximum absolute atomic E-state index is 5.17. The van der Waals surface area contributed by atoms with Gasteiger partial charge in [-0.1, -0.05) is 49.4 Å². The SMILES string of the molecule is CC(C)N1C=COC1C.CC(C)N1C=CSC1C.CC(C)N1C=NOC1C.CC(C)N1C=NSC1C.CC(C)N1C=NSC1C.CC(C)N1N=COC1C.CC(C)N1N=CSC1C.CC(C)N1N=NOC1C.CC(C)c1nno[n+]1C.CC(C)c1nns[n+]1C. The second kappa shape index (κ2) is 43.7. The number of hydrazone groups is 2. The summed E-state index contributed by atoms with van der Waals surface area (Å²) < 4.78 is 30.4. The van der Waals surface area contributed by atoms with Gasteiger partial charge >= 0.3 is 5.82 Å². The van der Waals surface area contributed by atoms with Gasteiger partial charge in [-0.3, -0.25) is 10.0 Å². The van der Waals surface area contributed by atoms with Gasteiger partial charge in [0.25, 0.3) is 11.1 Å². The minimum atomic E-state index is 0.00463. The van der Waals surface area contributed by atoms with Crippen LogP contribution in [-0.4, -0.2) is 185 Å². The molecule has 26 nitrogen and oxygen atoms in total. The molecule has 0 radical (unpaired) electrons. The molecule has 0 N–H and O–H groups in total. The van der Waals surface area contributed by atoms with Crippen molar-refractivity contribution in [2.24, 2.45) is 48.8 Å². The normalized spacial score (nSPS) is 22.8. The third-order valence-electron chi connectivity index (χ3n) is 13.5. The molecule has 10 heterocycles. The van der Waals surface area contributed by atoms with Gasteiger partial charge in [0.15, 0.2) is 29.6 Å². The molecule has 0 saturated heterocycles. The summed E-state index contributed by atoms with van der Waals surface area (Å²) in [5.41, 5.74) is 1.91. The van der Waals surface area contributed by atoms with Crippen LogP contribution in [0.25, 0.3) is 0 Å². The zero-order valence-electron chi connectivity index (χ0n) is 60.1. The third kappa shape index (κ3) is 30.6. The van der Waals surface area contributed by atoms with E-state index in [-0.39, 0.29) is 24.9 Å². The number of hydrogen-bond donors (Lipinski definition) is 0. The summed E-state index contributed by atoms with van der Waals surface area (Å²) in [5, 5.41) is 40.3. The van der Waals surface area contributed by atoms with Crippen molar-refractivity contribution in [3.8, 4) is 0 Å². The third-order valence-corrected chi connectivity index (χ3v) is 17.3. The highest BCUT2D eigenvalue weighted by Gasteiger charge is 2.25. The van der Waals surface area contributed by atoms with Crippen molar-refractivity contribution in [3.05, 3.63) is 35.7 Å². The van der Waals surface area contributed by atoms with Gasteiger partial charge in [-0.2, -0.15) is 9.06 Å². The second-order valence-corrected chi connectivity index (χ2v) is 29.8. The molecule has 0 aromatic carbocycles. The molecular formula is C59H117N21O5S5+2. The summed E-state index contributed by atoms with van der Waals surface area (Å²) in [7, 11) is 3.76. The maximum Gasteiger partial charge on any atom is 0.320 e. The molecule has 0 aliphatic carbocycles. The first kappa shape index (κ1) is 83.0. The van der Waals surface area contributed by atoms with Gasteiger partial charge in [0, 0.05) is 102 Å². The van der Waals surface area contributed by atoms with Gasteiger partial charge in [0.2, 0.25) is 18.0 Å². The Morgan fingerprint density at radius 3 is 1.20 bits per heavy atom. The van der Waals surface area contributed by atoms with Gasteiger partial charge in [0.1, 0.15) is 30.4 Å². The van der Waals surface area contributed by atoms with Crippen LogP contribution in [0, 0.1) is 0 Å². The molecule has 90 heavy (non-hydrogen) atoms. The predicted octanol–water partition coefficient (Wildman–Crippen LogP) is 12.9. The molecule has 2 aromatic rings. The molecule has 0 saturated carbocycles. The standard InChI is InChI=1S/C7H13NO.C7H13NS.2C6H12N2O.3C6H12N2S.C5H10N3O.C5H11N3O.C5H10N3S/c2*1-6(2)8-4-5-9-7(8)3;1-5(2)8-6(3)9-4-7-8;1-5(2)8-4-7-9-6(8)3;1-5(2)8-6(3)9-4-7-8;2*1-5(2)8-4-7-9-6(8)3;1-4(2)5-6-7-9-8(5)3;1-4(2)8-5(3)9-7-6-8;1-4(2)5-6-7-9-8(5)3/h2*4-7H,1-3H3;5*4-6H,1-3H3;4H,1-3H3;4-5H,1-3H3;4H,1-3H3/q;;;;;;;+1;;+1. The van der Waals surface area contributed by atoms with E-state index in [1.54, 1.807) is 65.1 Å². The summed E-state index contributed by atoms with van der Waals surface area (Å²) in [5.74, 6) is 2.78. The van der Waals surface area contributed by atoms with E-state index in [4.69, 9.17) is 19.1 Å². The van der Waals surface area contributed by atoms with Crippen LogP contribution in [0.4, 0.5) is 0 Å². The van der Waals surface area contributed by atoms with Crippen LogP contribution < -0.4 is 8.70 Å². The Balaban J connectivity index is 0.000000500. The zero-order chi connectivity index (χ0) is 68.5. The molecule has 8 aliphatic rings. The van der Waals surface area contributed by atoms with Gasteiger partial charge in [0.05, 0.1) is 46.2 Å². The number of oxime groups is 1. The van der Waals surface area contributed by atoms with E-state index in [9.17, 15) is 0 Å². The smallest absolute Gasteiger partial charge is 0.320 e. The number of nitrogens with zero attached hydrogens (tertiary/aromatic N) is 21. The average Bonchev–Trinajstić information content (AvgIpc) is 4.33. The summed E-state index contributed by atoms with van der Waals surface area (Å²) in [4.78, 5) is 20.8. The van der Waals surface area contributed by atoms with Crippen LogP contribution in [0.2, 0.25) is 0 Å². The number of aryl methyl sites for hydroxylation is 2. The molecule has 516 valence electrons. The summed E-state index contributed by atoms with van der Waals surface area (Å²) in [6.45, 7) is 59.1. The zero-order valence-corrected chi connectivity index (χ0v) is 64.1. The lowest BCUT2D eigenvalue weighted by molar-refractivity contribution is -0.860. The number of aromatic nitrogens is 6. The first-order valence-corrected chi connectivity index (χ1v) is 35.7. The molecule has 10 rings (SSSR count). The van der Waals surface area contributed by atoms with Crippen LogP contribution >= 0.6 is 59.1 Å². The minimum Gasteiger partial charge on any atom is -0.477 e. The lowest BCUT2D eigenvalue weighted by Gasteiger charge is -2.25. The van der Waals surface area contributed by atoms with Crippen molar-refractivity contribution in [1.29, 1.82) is 0 Å². The van der Waals surface area contributed by atoms with Crippen molar-refractivity contribution in [3.63, 3.8) is 0 Å². The molecule has 0 spiro atoms. The lowest BCUT2D eigenvalue weighted by Crippen LogP contribution is -2.34. The minimum absolute atomic E-state index is 0.00463. The van der Waals surface area contributed by atoms with Gasteiger partial charge in [-0.05, 0) is 177 Å². The molecule has 2 aromatic heterocycles. The molecule has 0 bridgehead atoms. The Hall–Kier alpha value is -5.01. The molecule has 31 heteroatoms. The number of hydrogen-bond acceptors (Lipinski definition) is 29. The van der Waals surface area contributed by atoms with Crippen molar-refractivity contribution < 1.29 is 32.5 Å². The topological polar surface area (TPSA) is 222 Å². The van der Waals surface area contributed by atoms with E-state index in [1.165, 1.54) is 18.1 Å². The van der Waals surface area contributed by atoms with Gasteiger partial charge in [-0.25, -0.2) is 13.8 Å². The Morgan fingerprint density at radius 1 is 0.467 bits per heavy atom.